The topological polar surface area (TPSA) is 49.8 Å². The van der Waals surface area contributed by atoms with Crippen LogP contribution in [0.5, 0.6) is 0 Å². The van der Waals surface area contributed by atoms with Crippen molar-refractivity contribution >= 4 is 14.2 Å². The van der Waals surface area contributed by atoms with Crippen LogP contribution in [0.25, 0.3) is 0 Å². The maximum absolute atomic E-state index is 12.2. The van der Waals surface area contributed by atoms with E-state index in [2.05, 4.69) is 31.1 Å². The summed E-state index contributed by atoms with van der Waals surface area (Å²) in [4.78, 5) is 14.1. The maximum atomic E-state index is 12.2. The minimum absolute atomic E-state index is 0.193. The molecule has 1 aliphatic carbocycles. The number of carbonyl (C=O) groups excluding carboxylic acids is 1. The van der Waals surface area contributed by atoms with Crippen LogP contribution in [0.4, 0.5) is 4.79 Å². The van der Waals surface area contributed by atoms with E-state index in [1.165, 1.54) is 0 Å². The zero-order valence-corrected chi connectivity index (χ0v) is 18.6. The van der Waals surface area contributed by atoms with Crippen LogP contribution >= 0.6 is 0 Å². The molecule has 1 amide bonds. The van der Waals surface area contributed by atoms with Crippen molar-refractivity contribution in [1.29, 1.82) is 0 Å². The third-order valence-electron chi connectivity index (χ3n) is 5.60. The van der Waals surface area contributed by atoms with Crippen molar-refractivity contribution in [3.63, 3.8) is 0 Å². The quantitative estimate of drug-likeness (QED) is 0.536. The van der Waals surface area contributed by atoms with E-state index in [1.807, 2.05) is 25.7 Å². The van der Waals surface area contributed by atoms with E-state index in [0.717, 1.165) is 51.6 Å². The highest BCUT2D eigenvalue weighted by Gasteiger charge is 2.43. The Morgan fingerprint density at radius 3 is 2.08 bits per heavy atom. The standard InChI is InChI=1S/C21H37NO3Si/c1-19(2,3)25-18(23)22-15-13-20(14-16-22)9-11-21(24,12-10-20)8-7-17-26(4,5)6/h24H,8-16H2,1-6H3. The minimum Gasteiger partial charge on any atom is -0.444 e. The lowest BCUT2D eigenvalue weighted by molar-refractivity contribution is -0.0512. The van der Waals surface area contributed by atoms with Gasteiger partial charge in [0.25, 0.3) is 0 Å². The normalized spacial score (nSPS) is 22.5. The highest BCUT2D eigenvalue weighted by atomic mass is 28.3. The number of ether oxygens (including phenoxy) is 1. The summed E-state index contributed by atoms with van der Waals surface area (Å²) in [5.41, 5.74) is 2.61. The molecule has 1 heterocycles. The molecule has 2 fully saturated rings. The summed E-state index contributed by atoms with van der Waals surface area (Å²) >= 11 is 0. The predicted molar refractivity (Wildman–Crippen MR) is 109 cm³/mol. The number of nitrogens with zero attached hydrogens (tertiary/aromatic N) is 1. The number of likely N-dealkylation sites (tertiary alicyclic amines) is 1. The molecule has 0 unspecified atom stereocenters. The molecule has 0 atom stereocenters. The van der Waals surface area contributed by atoms with Gasteiger partial charge in [-0.2, -0.15) is 0 Å². The van der Waals surface area contributed by atoms with Crippen molar-refractivity contribution < 1.29 is 14.6 Å². The van der Waals surface area contributed by atoms with Gasteiger partial charge in [0.1, 0.15) is 13.7 Å². The number of aliphatic hydroxyl groups is 1. The summed E-state index contributed by atoms with van der Waals surface area (Å²) in [6.45, 7) is 14.0. The van der Waals surface area contributed by atoms with Crippen LogP contribution in [0.2, 0.25) is 19.6 Å². The van der Waals surface area contributed by atoms with Crippen LogP contribution < -0.4 is 0 Å². The molecule has 4 nitrogen and oxygen atoms in total. The summed E-state index contributed by atoms with van der Waals surface area (Å²) in [6, 6.07) is 0. The van der Waals surface area contributed by atoms with E-state index in [-0.39, 0.29) is 11.5 Å². The fourth-order valence-corrected chi connectivity index (χ4v) is 4.51. The molecule has 1 spiro atoms. The second kappa shape index (κ2) is 7.56. The van der Waals surface area contributed by atoms with Gasteiger partial charge < -0.3 is 14.7 Å². The first kappa shape index (κ1) is 21.3. The summed E-state index contributed by atoms with van der Waals surface area (Å²) < 4.78 is 5.49. The van der Waals surface area contributed by atoms with E-state index in [4.69, 9.17) is 4.74 Å². The van der Waals surface area contributed by atoms with Gasteiger partial charge in [-0.05, 0) is 64.7 Å². The first-order chi connectivity index (χ1) is 11.8. The Bertz CT molecular complexity index is 559. The van der Waals surface area contributed by atoms with Gasteiger partial charge in [-0.25, -0.2) is 4.79 Å². The lowest BCUT2D eigenvalue weighted by Gasteiger charge is -2.48. The Morgan fingerprint density at radius 2 is 1.62 bits per heavy atom. The lowest BCUT2D eigenvalue weighted by Crippen LogP contribution is -2.48. The van der Waals surface area contributed by atoms with Crippen LogP contribution in [0.1, 0.15) is 65.7 Å². The molecular formula is C21H37NO3Si. The van der Waals surface area contributed by atoms with E-state index >= 15 is 0 Å². The summed E-state index contributed by atoms with van der Waals surface area (Å²) in [7, 11) is -1.37. The number of amides is 1. The van der Waals surface area contributed by atoms with Gasteiger partial charge in [0.05, 0.1) is 5.60 Å². The highest BCUT2D eigenvalue weighted by molar-refractivity contribution is 6.83. The monoisotopic (exact) mass is 379 g/mol. The van der Waals surface area contributed by atoms with E-state index < -0.39 is 19.3 Å². The smallest absolute Gasteiger partial charge is 0.410 e. The molecule has 0 aromatic heterocycles. The average Bonchev–Trinajstić information content (AvgIpc) is 2.49. The Kier molecular flexibility index (Phi) is 6.19. The molecule has 0 aromatic carbocycles. The van der Waals surface area contributed by atoms with Crippen molar-refractivity contribution in [1.82, 2.24) is 4.90 Å². The van der Waals surface area contributed by atoms with Crippen LogP contribution in [0.3, 0.4) is 0 Å². The van der Waals surface area contributed by atoms with E-state index in [1.54, 1.807) is 0 Å². The molecule has 2 aliphatic rings. The Hall–Kier alpha value is -0.993. The van der Waals surface area contributed by atoms with Crippen LogP contribution in [0.15, 0.2) is 0 Å². The fraction of sp³-hybridized carbons (Fsp3) is 0.857. The van der Waals surface area contributed by atoms with Gasteiger partial charge in [0.2, 0.25) is 0 Å². The summed E-state index contributed by atoms with van der Waals surface area (Å²) in [5.74, 6) is 3.26. The molecule has 1 saturated carbocycles. The fourth-order valence-electron chi connectivity index (χ4n) is 3.89. The molecule has 1 N–H and O–H groups in total. The average molecular weight is 380 g/mol. The summed E-state index contributed by atoms with van der Waals surface area (Å²) in [6.07, 6.45) is 6.20. The Balaban J connectivity index is 1.84. The zero-order chi connectivity index (χ0) is 19.6. The maximum Gasteiger partial charge on any atom is 0.410 e. The molecule has 1 saturated heterocycles. The SMILES string of the molecule is CC(C)(C)OC(=O)N1CCC2(CC1)CCC(O)(CC#C[Si](C)(C)C)CC2. The molecular weight excluding hydrogens is 342 g/mol. The molecule has 1 aliphatic heterocycles. The summed E-state index contributed by atoms with van der Waals surface area (Å²) in [5, 5.41) is 10.9. The molecule has 148 valence electrons. The zero-order valence-electron chi connectivity index (χ0n) is 17.6. The van der Waals surface area contributed by atoms with Gasteiger partial charge in [-0.15, -0.1) is 11.5 Å². The number of rotatable bonds is 1. The van der Waals surface area contributed by atoms with Crippen LogP contribution in [-0.4, -0.2) is 48.5 Å². The van der Waals surface area contributed by atoms with E-state index in [0.29, 0.717) is 6.42 Å². The highest BCUT2D eigenvalue weighted by Crippen LogP contribution is 2.48. The van der Waals surface area contributed by atoms with Gasteiger partial charge in [-0.3, -0.25) is 0 Å². The van der Waals surface area contributed by atoms with Crippen molar-refractivity contribution in [2.24, 2.45) is 5.41 Å². The van der Waals surface area contributed by atoms with E-state index in [9.17, 15) is 9.90 Å². The minimum atomic E-state index is -1.37. The van der Waals surface area contributed by atoms with Crippen molar-refractivity contribution in [3.05, 3.63) is 0 Å². The largest absolute Gasteiger partial charge is 0.444 e. The van der Waals surface area contributed by atoms with Crippen molar-refractivity contribution in [2.45, 2.75) is 96.6 Å². The first-order valence-electron chi connectivity index (χ1n) is 10.0. The van der Waals surface area contributed by atoms with Gasteiger partial charge in [0.15, 0.2) is 0 Å². The molecule has 26 heavy (non-hydrogen) atoms. The molecule has 2 rings (SSSR count). The number of hydrogen-bond acceptors (Lipinski definition) is 3. The molecule has 0 aromatic rings. The molecule has 0 bridgehead atoms. The third kappa shape index (κ3) is 6.31. The van der Waals surface area contributed by atoms with Gasteiger partial charge >= 0.3 is 6.09 Å². The van der Waals surface area contributed by atoms with Crippen molar-refractivity contribution in [3.8, 4) is 11.5 Å². The second-order valence-corrected chi connectivity index (χ2v) is 15.2. The Labute approximate surface area is 160 Å². The second-order valence-electron chi connectivity index (χ2n) is 10.4. The predicted octanol–water partition coefficient (Wildman–Crippen LogP) is 4.58. The van der Waals surface area contributed by atoms with Crippen LogP contribution in [0, 0.1) is 16.9 Å². The van der Waals surface area contributed by atoms with Crippen LogP contribution in [-0.2, 0) is 4.74 Å². The molecule has 5 heteroatoms. The third-order valence-corrected chi connectivity index (χ3v) is 6.52. The van der Waals surface area contributed by atoms with Gasteiger partial charge in [-0.1, -0.05) is 19.6 Å². The number of hydrogen-bond donors (Lipinski definition) is 1. The lowest BCUT2D eigenvalue weighted by atomic mass is 9.63. The number of carbonyl (C=O) groups is 1. The van der Waals surface area contributed by atoms with Gasteiger partial charge in [0, 0.05) is 19.5 Å². The number of piperidine rings is 1. The Morgan fingerprint density at radius 1 is 1.08 bits per heavy atom. The molecule has 0 radical (unpaired) electrons. The first-order valence-corrected chi connectivity index (χ1v) is 13.5. The van der Waals surface area contributed by atoms with Crippen molar-refractivity contribution in [2.75, 3.05) is 13.1 Å².